The lowest BCUT2D eigenvalue weighted by Crippen LogP contribution is -2.27. The van der Waals surface area contributed by atoms with Crippen molar-refractivity contribution in [2.24, 2.45) is 0 Å². The monoisotopic (exact) mass is 395 g/mol. The molecule has 29 heavy (non-hydrogen) atoms. The number of aryl methyl sites for hydroxylation is 2. The van der Waals surface area contributed by atoms with Crippen LogP contribution in [0.4, 0.5) is 0 Å². The van der Waals surface area contributed by atoms with E-state index in [1.807, 2.05) is 25.1 Å². The Kier molecular flexibility index (Phi) is 4.87. The number of carboxylic acids is 1. The maximum absolute atomic E-state index is 12.6. The van der Waals surface area contributed by atoms with E-state index in [4.69, 9.17) is 9.63 Å². The molecular formula is C20H21N5O4. The first-order valence-corrected chi connectivity index (χ1v) is 9.50. The van der Waals surface area contributed by atoms with Gasteiger partial charge in [0.25, 0.3) is 5.91 Å². The number of rotatable bonds is 6. The average molecular weight is 395 g/mol. The van der Waals surface area contributed by atoms with Gasteiger partial charge in [-0.1, -0.05) is 24.2 Å². The fourth-order valence-electron chi connectivity index (χ4n) is 3.44. The summed E-state index contributed by atoms with van der Waals surface area (Å²) in [6.45, 7) is 3.47. The Labute approximate surface area is 166 Å². The van der Waals surface area contributed by atoms with E-state index in [0.717, 1.165) is 29.5 Å². The van der Waals surface area contributed by atoms with Crippen molar-refractivity contribution in [2.45, 2.75) is 45.2 Å². The van der Waals surface area contributed by atoms with Crippen molar-refractivity contribution >= 4 is 11.9 Å². The van der Waals surface area contributed by atoms with Crippen LogP contribution in [0.2, 0.25) is 0 Å². The number of carbonyl (C=O) groups is 2. The minimum absolute atomic E-state index is 0.108. The van der Waals surface area contributed by atoms with Crippen LogP contribution in [-0.2, 0) is 17.6 Å². The van der Waals surface area contributed by atoms with Crippen LogP contribution in [0.25, 0.3) is 11.4 Å². The number of nitrogens with zero attached hydrogens (tertiary/aromatic N) is 4. The molecule has 0 aliphatic heterocycles. The molecule has 4 rings (SSSR count). The molecule has 0 bridgehead atoms. The van der Waals surface area contributed by atoms with Crippen LogP contribution in [0.5, 0.6) is 0 Å². The molecule has 0 saturated carbocycles. The van der Waals surface area contributed by atoms with Crippen molar-refractivity contribution in [1.82, 2.24) is 25.2 Å². The molecule has 1 aromatic carbocycles. The van der Waals surface area contributed by atoms with Gasteiger partial charge in [0.05, 0.1) is 17.8 Å². The van der Waals surface area contributed by atoms with Crippen LogP contribution in [0.3, 0.4) is 0 Å². The zero-order valence-corrected chi connectivity index (χ0v) is 16.1. The molecule has 0 fully saturated rings. The van der Waals surface area contributed by atoms with Gasteiger partial charge in [-0.15, -0.1) is 0 Å². The van der Waals surface area contributed by atoms with E-state index in [-0.39, 0.29) is 11.9 Å². The zero-order chi connectivity index (χ0) is 20.5. The minimum Gasteiger partial charge on any atom is -0.480 e. The lowest BCUT2D eigenvalue weighted by molar-refractivity contribution is -0.140. The van der Waals surface area contributed by atoms with Gasteiger partial charge >= 0.3 is 5.97 Å². The Hall–Kier alpha value is -3.49. The maximum atomic E-state index is 12.6. The largest absolute Gasteiger partial charge is 0.480 e. The highest BCUT2D eigenvalue weighted by molar-refractivity contribution is 5.94. The standard InChI is InChI=1S/C20H21N5O4/c1-3-17-23-18(24-29-17)13-4-6-15-12(8-13)5-7-16(15)22-19(26)14-9-21-25(10-14)11(2)20(27)28/h4,6,8-11,16H,3,5,7H2,1-2H3,(H,22,26)(H,27,28)/t11?,16-/m1/s1. The van der Waals surface area contributed by atoms with Gasteiger partial charge in [0.15, 0.2) is 0 Å². The van der Waals surface area contributed by atoms with Gasteiger partial charge < -0.3 is 14.9 Å². The molecule has 2 heterocycles. The van der Waals surface area contributed by atoms with Crippen molar-refractivity contribution < 1.29 is 19.2 Å². The van der Waals surface area contributed by atoms with E-state index >= 15 is 0 Å². The zero-order valence-electron chi connectivity index (χ0n) is 16.1. The van der Waals surface area contributed by atoms with Gasteiger partial charge in [-0.2, -0.15) is 10.1 Å². The van der Waals surface area contributed by atoms with Crippen LogP contribution >= 0.6 is 0 Å². The highest BCUT2D eigenvalue weighted by Gasteiger charge is 2.26. The number of hydrogen-bond donors (Lipinski definition) is 2. The second-order valence-electron chi connectivity index (χ2n) is 7.07. The number of carboxylic acid groups (broad SMARTS) is 1. The molecule has 0 radical (unpaired) electrons. The number of hydrogen-bond acceptors (Lipinski definition) is 6. The molecule has 0 saturated heterocycles. The number of fused-ring (bicyclic) bond motifs is 1. The number of benzene rings is 1. The molecule has 3 aromatic rings. The highest BCUT2D eigenvalue weighted by Crippen LogP contribution is 2.34. The SMILES string of the molecule is CCc1nc(-c2ccc3c(c2)CC[C@H]3NC(=O)c2cnn(C(C)C(=O)O)c2)no1. The van der Waals surface area contributed by atoms with Crippen LogP contribution in [0.1, 0.15) is 59.7 Å². The number of aliphatic carboxylic acids is 1. The van der Waals surface area contributed by atoms with Crippen molar-refractivity contribution in [1.29, 1.82) is 0 Å². The normalized spacial score (nSPS) is 16.4. The van der Waals surface area contributed by atoms with Crippen LogP contribution in [0.15, 0.2) is 35.1 Å². The summed E-state index contributed by atoms with van der Waals surface area (Å²) in [6.07, 6.45) is 5.15. The third-order valence-electron chi connectivity index (χ3n) is 5.17. The Morgan fingerprint density at radius 1 is 1.41 bits per heavy atom. The van der Waals surface area contributed by atoms with Crippen molar-refractivity contribution in [2.75, 3.05) is 0 Å². The van der Waals surface area contributed by atoms with Gasteiger partial charge in [-0.3, -0.25) is 9.48 Å². The first kappa shape index (κ1) is 18.9. The fraction of sp³-hybridized carbons (Fsp3) is 0.350. The summed E-state index contributed by atoms with van der Waals surface area (Å²) in [6, 6.07) is 5.02. The Morgan fingerprint density at radius 3 is 2.97 bits per heavy atom. The smallest absolute Gasteiger partial charge is 0.328 e. The molecular weight excluding hydrogens is 374 g/mol. The van der Waals surface area contributed by atoms with Crippen molar-refractivity contribution in [3.05, 3.63) is 53.2 Å². The van der Waals surface area contributed by atoms with E-state index in [9.17, 15) is 9.59 Å². The maximum Gasteiger partial charge on any atom is 0.328 e. The molecule has 9 heteroatoms. The Bertz CT molecular complexity index is 1070. The number of carbonyl (C=O) groups excluding carboxylic acids is 1. The topological polar surface area (TPSA) is 123 Å². The van der Waals surface area contributed by atoms with Gasteiger partial charge in [0.2, 0.25) is 11.7 Å². The molecule has 0 spiro atoms. The Balaban J connectivity index is 1.48. The molecule has 2 atom stereocenters. The third kappa shape index (κ3) is 3.63. The predicted molar refractivity (Wildman–Crippen MR) is 102 cm³/mol. The molecule has 150 valence electrons. The molecule has 2 aromatic heterocycles. The lowest BCUT2D eigenvalue weighted by atomic mass is 10.0. The van der Waals surface area contributed by atoms with Crippen LogP contribution in [-0.4, -0.2) is 36.9 Å². The summed E-state index contributed by atoms with van der Waals surface area (Å²) in [7, 11) is 0. The fourth-order valence-corrected chi connectivity index (χ4v) is 3.44. The summed E-state index contributed by atoms with van der Waals surface area (Å²) in [5.41, 5.74) is 3.43. The number of aromatic nitrogens is 4. The molecule has 1 aliphatic rings. The van der Waals surface area contributed by atoms with E-state index in [1.165, 1.54) is 24.0 Å². The number of nitrogens with one attached hydrogen (secondary N) is 1. The highest BCUT2D eigenvalue weighted by atomic mass is 16.5. The van der Waals surface area contributed by atoms with Crippen LogP contribution in [0, 0.1) is 0 Å². The molecule has 1 aliphatic carbocycles. The summed E-state index contributed by atoms with van der Waals surface area (Å²) < 4.78 is 6.45. The summed E-state index contributed by atoms with van der Waals surface area (Å²) in [5.74, 6) is -0.115. The predicted octanol–water partition coefficient (Wildman–Crippen LogP) is 2.56. The quantitative estimate of drug-likeness (QED) is 0.657. The Morgan fingerprint density at radius 2 is 2.24 bits per heavy atom. The van der Waals surface area contributed by atoms with Crippen molar-refractivity contribution in [3.63, 3.8) is 0 Å². The van der Waals surface area contributed by atoms with E-state index in [0.29, 0.717) is 23.7 Å². The first-order chi connectivity index (χ1) is 14.0. The summed E-state index contributed by atoms with van der Waals surface area (Å²) >= 11 is 0. The summed E-state index contributed by atoms with van der Waals surface area (Å²) in [5, 5.41) is 20.1. The second-order valence-corrected chi connectivity index (χ2v) is 7.07. The first-order valence-electron chi connectivity index (χ1n) is 9.50. The van der Waals surface area contributed by atoms with Gasteiger partial charge in [-0.25, -0.2) is 4.79 Å². The van der Waals surface area contributed by atoms with E-state index in [1.54, 1.807) is 0 Å². The molecule has 1 unspecified atom stereocenters. The van der Waals surface area contributed by atoms with Gasteiger partial charge in [-0.05, 0) is 37.0 Å². The molecule has 1 amide bonds. The lowest BCUT2D eigenvalue weighted by Gasteiger charge is -2.13. The minimum atomic E-state index is -1.01. The van der Waals surface area contributed by atoms with E-state index < -0.39 is 12.0 Å². The van der Waals surface area contributed by atoms with Gasteiger partial charge in [0.1, 0.15) is 6.04 Å². The van der Waals surface area contributed by atoms with Crippen LogP contribution < -0.4 is 5.32 Å². The number of amides is 1. The van der Waals surface area contributed by atoms with Gasteiger partial charge in [0, 0.05) is 18.2 Å². The second kappa shape index (κ2) is 7.50. The third-order valence-corrected chi connectivity index (χ3v) is 5.17. The summed E-state index contributed by atoms with van der Waals surface area (Å²) in [4.78, 5) is 28.0. The van der Waals surface area contributed by atoms with Crippen molar-refractivity contribution in [3.8, 4) is 11.4 Å². The molecule has 2 N–H and O–H groups in total. The molecule has 9 nitrogen and oxygen atoms in total. The van der Waals surface area contributed by atoms with E-state index in [2.05, 4.69) is 20.6 Å². The average Bonchev–Trinajstić information content (AvgIpc) is 3.46.